The summed E-state index contributed by atoms with van der Waals surface area (Å²) in [5.41, 5.74) is 3.21. The lowest BCUT2D eigenvalue weighted by molar-refractivity contribution is 0.0890. The highest BCUT2D eigenvalue weighted by Gasteiger charge is 2.29. The molecule has 3 rings (SSSR count). The van der Waals surface area contributed by atoms with Crippen molar-refractivity contribution in [2.45, 2.75) is 46.1 Å². The van der Waals surface area contributed by atoms with Crippen molar-refractivity contribution in [1.29, 1.82) is 0 Å². The molecule has 0 spiro atoms. The van der Waals surface area contributed by atoms with Crippen molar-refractivity contribution in [3.63, 3.8) is 0 Å². The summed E-state index contributed by atoms with van der Waals surface area (Å²) in [7, 11) is 0. The third-order valence-electron chi connectivity index (χ3n) is 5.44. The van der Waals surface area contributed by atoms with Crippen LogP contribution < -0.4 is 5.32 Å². The van der Waals surface area contributed by atoms with Gasteiger partial charge < -0.3 is 10.3 Å². The number of benzene rings is 1. The molecule has 0 unspecified atom stereocenters. The van der Waals surface area contributed by atoms with Gasteiger partial charge in [0.25, 0.3) is 5.91 Å². The standard InChI is InChI=1S/C20H25FN2O/c1-12-5-4-6-18(13(12)2)23-20(24)17-11-19(22-14(17)3)15-7-9-16(21)10-8-15/h7-13,18,22H,4-6H2,1-3H3,(H,23,24)/t12-,13-,18+/m0/s1. The lowest BCUT2D eigenvalue weighted by Gasteiger charge is -2.34. The van der Waals surface area contributed by atoms with E-state index in [0.717, 1.165) is 23.4 Å². The first-order valence-electron chi connectivity index (χ1n) is 8.72. The summed E-state index contributed by atoms with van der Waals surface area (Å²) in [5.74, 6) is 0.855. The first kappa shape index (κ1) is 16.7. The maximum atomic E-state index is 13.1. The molecular weight excluding hydrogens is 303 g/mol. The second-order valence-electron chi connectivity index (χ2n) is 7.08. The van der Waals surface area contributed by atoms with Gasteiger partial charge in [0.2, 0.25) is 0 Å². The van der Waals surface area contributed by atoms with Gasteiger partial charge in [0.05, 0.1) is 5.56 Å². The molecule has 1 aliphatic rings. The molecule has 1 aromatic carbocycles. The molecule has 1 heterocycles. The quantitative estimate of drug-likeness (QED) is 0.844. The van der Waals surface area contributed by atoms with E-state index in [1.807, 2.05) is 13.0 Å². The second-order valence-corrected chi connectivity index (χ2v) is 7.08. The Morgan fingerprint density at radius 2 is 1.92 bits per heavy atom. The SMILES string of the molecule is Cc1[nH]c(-c2ccc(F)cc2)cc1C(=O)N[C@@H]1CCC[C@H](C)[C@@H]1C. The average Bonchev–Trinajstić information content (AvgIpc) is 2.94. The van der Waals surface area contributed by atoms with Crippen molar-refractivity contribution in [3.05, 3.63) is 47.4 Å². The van der Waals surface area contributed by atoms with Crippen LogP contribution in [0, 0.1) is 24.6 Å². The van der Waals surface area contributed by atoms with Gasteiger partial charge in [-0.15, -0.1) is 0 Å². The average molecular weight is 328 g/mol. The van der Waals surface area contributed by atoms with Crippen molar-refractivity contribution >= 4 is 5.91 Å². The van der Waals surface area contributed by atoms with E-state index in [1.165, 1.54) is 25.0 Å². The normalized spacial score (nSPS) is 23.9. The van der Waals surface area contributed by atoms with Gasteiger partial charge in [0.15, 0.2) is 0 Å². The summed E-state index contributed by atoms with van der Waals surface area (Å²) in [4.78, 5) is 15.9. The third-order valence-corrected chi connectivity index (χ3v) is 5.44. The monoisotopic (exact) mass is 328 g/mol. The molecule has 0 bridgehead atoms. The van der Waals surface area contributed by atoms with Crippen LogP contribution in [0.25, 0.3) is 11.3 Å². The zero-order valence-electron chi connectivity index (χ0n) is 14.5. The van der Waals surface area contributed by atoms with Crippen molar-refractivity contribution < 1.29 is 9.18 Å². The number of nitrogens with one attached hydrogen (secondary N) is 2. The van der Waals surface area contributed by atoms with E-state index in [0.29, 0.717) is 17.4 Å². The van der Waals surface area contributed by atoms with Crippen LogP contribution in [-0.2, 0) is 0 Å². The fraction of sp³-hybridized carbons (Fsp3) is 0.450. The van der Waals surface area contributed by atoms with Crippen LogP contribution >= 0.6 is 0 Å². The summed E-state index contributed by atoms with van der Waals surface area (Å²) in [6.45, 7) is 6.38. The Morgan fingerprint density at radius 1 is 1.21 bits per heavy atom. The van der Waals surface area contributed by atoms with Gasteiger partial charge in [-0.3, -0.25) is 4.79 Å². The third kappa shape index (κ3) is 3.37. The Bertz CT molecular complexity index is 720. The number of H-pyrrole nitrogens is 1. The zero-order chi connectivity index (χ0) is 17.3. The van der Waals surface area contributed by atoms with E-state index in [4.69, 9.17) is 0 Å². The Balaban J connectivity index is 1.77. The Morgan fingerprint density at radius 3 is 2.62 bits per heavy atom. The van der Waals surface area contributed by atoms with Crippen molar-refractivity contribution in [1.82, 2.24) is 10.3 Å². The molecule has 1 aromatic heterocycles. The molecule has 24 heavy (non-hydrogen) atoms. The van der Waals surface area contributed by atoms with E-state index >= 15 is 0 Å². The van der Waals surface area contributed by atoms with Crippen LogP contribution in [-0.4, -0.2) is 16.9 Å². The molecule has 2 N–H and O–H groups in total. The lowest BCUT2D eigenvalue weighted by Crippen LogP contribution is -2.43. The summed E-state index contributed by atoms with van der Waals surface area (Å²) in [6.07, 6.45) is 3.46. The molecule has 1 aliphatic carbocycles. The number of halogens is 1. The van der Waals surface area contributed by atoms with Gasteiger partial charge in [0.1, 0.15) is 5.82 Å². The van der Waals surface area contributed by atoms with Crippen LogP contribution in [0.15, 0.2) is 30.3 Å². The minimum absolute atomic E-state index is 0.0249. The fourth-order valence-electron chi connectivity index (χ4n) is 3.61. The number of rotatable bonds is 3. The van der Waals surface area contributed by atoms with E-state index in [1.54, 1.807) is 12.1 Å². The van der Waals surface area contributed by atoms with Crippen LogP contribution in [0.2, 0.25) is 0 Å². The zero-order valence-corrected chi connectivity index (χ0v) is 14.5. The first-order chi connectivity index (χ1) is 11.5. The minimum atomic E-state index is -0.264. The highest BCUT2D eigenvalue weighted by molar-refractivity contribution is 5.97. The summed E-state index contributed by atoms with van der Waals surface area (Å²) in [5, 5.41) is 3.21. The predicted octanol–water partition coefficient (Wildman–Crippen LogP) is 4.68. The second kappa shape index (κ2) is 6.80. The minimum Gasteiger partial charge on any atom is -0.358 e. The summed E-state index contributed by atoms with van der Waals surface area (Å²) >= 11 is 0. The molecule has 2 aromatic rings. The number of aryl methyl sites for hydroxylation is 1. The highest BCUT2D eigenvalue weighted by atomic mass is 19.1. The van der Waals surface area contributed by atoms with Crippen molar-refractivity contribution in [2.75, 3.05) is 0 Å². The molecule has 4 heteroatoms. The van der Waals surface area contributed by atoms with Crippen LogP contribution in [0.3, 0.4) is 0 Å². The number of aromatic amines is 1. The topological polar surface area (TPSA) is 44.9 Å². The number of amides is 1. The van der Waals surface area contributed by atoms with Gasteiger partial charge >= 0.3 is 0 Å². The highest BCUT2D eigenvalue weighted by Crippen LogP contribution is 2.30. The molecule has 3 nitrogen and oxygen atoms in total. The van der Waals surface area contributed by atoms with Crippen molar-refractivity contribution in [2.24, 2.45) is 11.8 Å². The van der Waals surface area contributed by atoms with E-state index in [9.17, 15) is 9.18 Å². The Kier molecular flexibility index (Phi) is 4.74. The first-order valence-corrected chi connectivity index (χ1v) is 8.72. The maximum Gasteiger partial charge on any atom is 0.253 e. The fourth-order valence-corrected chi connectivity index (χ4v) is 3.61. The predicted molar refractivity (Wildman–Crippen MR) is 94.4 cm³/mol. The van der Waals surface area contributed by atoms with Gasteiger partial charge in [-0.05, 0) is 61.1 Å². The Labute approximate surface area is 142 Å². The smallest absolute Gasteiger partial charge is 0.253 e. The van der Waals surface area contributed by atoms with Gasteiger partial charge in [-0.25, -0.2) is 4.39 Å². The number of carbonyl (C=O) groups excluding carboxylic acids is 1. The number of carbonyl (C=O) groups is 1. The van der Waals surface area contributed by atoms with E-state index < -0.39 is 0 Å². The molecule has 0 radical (unpaired) electrons. The molecule has 0 saturated heterocycles. The van der Waals surface area contributed by atoms with Gasteiger partial charge in [-0.2, -0.15) is 0 Å². The van der Waals surface area contributed by atoms with E-state index in [-0.39, 0.29) is 17.8 Å². The largest absolute Gasteiger partial charge is 0.358 e. The van der Waals surface area contributed by atoms with Gasteiger partial charge in [-0.1, -0.05) is 26.7 Å². The van der Waals surface area contributed by atoms with E-state index in [2.05, 4.69) is 24.1 Å². The number of aromatic nitrogens is 1. The van der Waals surface area contributed by atoms with Crippen LogP contribution in [0.1, 0.15) is 49.2 Å². The molecular formula is C20H25FN2O. The number of hydrogen-bond acceptors (Lipinski definition) is 1. The molecule has 3 atom stereocenters. The lowest BCUT2D eigenvalue weighted by atomic mass is 9.78. The molecule has 1 fully saturated rings. The summed E-state index contributed by atoms with van der Waals surface area (Å²) < 4.78 is 13.1. The number of hydrogen-bond donors (Lipinski definition) is 2. The molecule has 128 valence electrons. The van der Waals surface area contributed by atoms with Gasteiger partial charge in [0, 0.05) is 17.4 Å². The molecule has 0 aliphatic heterocycles. The van der Waals surface area contributed by atoms with Crippen LogP contribution in [0.5, 0.6) is 0 Å². The van der Waals surface area contributed by atoms with Crippen molar-refractivity contribution in [3.8, 4) is 11.3 Å². The Hall–Kier alpha value is -2.10. The van der Waals surface area contributed by atoms with Crippen LogP contribution in [0.4, 0.5) is 4.39 Å². The summed E-state index contributed by atoms with van der Waals surface area (Å²) in [6, 6.07) is 8.38. The molecule has 1 saturated carbocycles. The molecule has 1 amide bonds. The maximum absolute atomic E-state index is 13.1.